The fourth-order valence-electron chi connectivity index (χ4n) is 2.72. The highest BCUT2D eigenvalue weighted by Crippen LogP contribution is 2.30. The van der Waals surface area contributed by atoms with E-state index in [1.54, 1.807) is 18.2 Å². The second-order valence-corrected chi connectivity index (χ2v) is 5.69. The van der Waals surface area contributed by atoms with Crippen LogP contribution >= 0.6 is 0 Å². The van der Waals surface area contributed by atoms with Crippen molar-refractivity contribution < 1.29 is 18.5 Å². The fourth-order valence-corrected chi connectivity index (χ4v) is 2.72. The Morgan fingerprint density at radius 1 is 1.00 bits per heavy atom. The molecule has 0 spiro atoms. The van der Waals surface area contributed by atoms with Crippen LogP contribution in [-0.4, -0.2) is 10.7 Å². The van der Waals surface area contributed by atoms with E-state index in [0.717, 1.165) is 18.2 Å². The number of nitro benzene ring substituents is 1. The minimum atomic E-state index is -0.599. The number of ketones is 1. The van der Waals surface area contributed by atoms with Crippen molar-refractivity contribution in [3.8, 4) is 0 Å². The summed E-state index contributed by atoms with van der Waals surface area (Å²) in [6.07, 6.45) is 3.81. The maximum Gasteiger partial charge on any atom is 0.270 e. The third-order valence-electron chi connectivity index (χ3n) is 3.96. The lowest BCUT2D eigenvalue weighted by atomic mass is 10.1. The predicted molar refractivity (Wildman–Crippen MR) is 89.6 cm³/mol. The molecular formula is C19H13F2NO3. The van der Waals surface area contributed by atoms with Gasteiger partial charge in [-0.2, -0.15) is 0 Å². The first-order valence-electron chi connectivity index (χ1n) is 7.59. The van der Waals surface area contributed by atoms with E-state index < -0.39 is 16.6 Å². The Kier molecular flexibility index (Phi) is 4.52. The van der Waals surface area contributed by atoms with Gasteiger partial charge in [0, 0.05) is 28.8 Å². The van der Waals surface area contributed by atoms with Crippen LogP contribution in [0.5, 0.6) is 0 Å². The molecule has 0 amide bonds. The van der Waals surface area contributed by atoms with Crippen LogP contribution in [0, 0.1) is 21.7 Å². The Balaban J connectivity index is 1.89. The lowest BCUT2D eigenvalue weighted by Gasteiger charge is -2.00. The molecule has 0 aliphatic heterocycles. The van der Waals surface area contributed by atoms with E-state index >= 15 is 0 Å². The van der Waals surface area contributed by atoms with Crippen LogP contribution in [0.4, 0.5) is 14.5 Å². The van der Waals surface area contributed by atoms with Gasteiger partial charge >= 0.3 is 0 Å². The average Bonchev–Trinajstić information content (AvgIpc) is 2.92. The molecule has 1 saturated carbocycles. The number of nitrogens with zero attached hydrogens (tertiary/aromatic N) is 1. The molecule has 0 radical (unpaired) electrons. The molecule has 3 rings (SSSR count). The van der Waals surface area contributed by atoms with Crippen LogP contribution in [0.15, 0.2) is 53.6 Å². The molecule has 2 aromatic carbocycles. The van der Waals surface area contributed by atoms with E-state index in [4.69, 9.17) is 0 Å². The summed E-state index contributed by atoms with van der Waals surface area (Å²) < 4.78 is 27.0. The largest absolute Gasteiger partial charge is 0.289 e. The smallest absolute Gasteiger partial charge is 0.270 e. The first-order chi connectivity index (χ1) is 11.9. The lowest BCUT2D eigenvalue weighted by molar-refractivity contribution is -0.384. The Morgan fingerprint density at radius 2 is 1.72 bits per heavy atom. The van der Waals surface area contributed by atoms with Gasteiger partial charge in [-0.25, -0.2) is 8.78 Å². The number of halogens is 2. The second kappa shape index (κ2) is 6.76. The van der Waals surface area contributed by atoms with E-state index in [2.05, 4.69) is 0 Å². The van der Waals surface area contributed by atoms with Crippen molar-refractivity contribution in [3.05, 3.63) is 86.5 Å². The van der Waals surface area contributed by atoms with Crippen molar-refractivity contribution in [1.82, 2.24) is 0 Å². The van der Waals surface area contributed by atoms with Gasteiger partial charge in [0.05, 0.1) is 4.92 Å². The van der Waals surface area contributed by atoms with Gasteiger partial charge in [-0.1, -0.05) is 12.1 Å². The third-order valence-corrected chi connectivity index (χ3v) is 3.96. The molecule has 6 heteroatoms. The van der Waals surface area contributed by atoms with E-state index in [-0.39, 0.29) is 17.0 Å². The molecule has 1 aliphatic rings. The van der Waals surface area contributed by atoms with Crippen LogP contribution in [0.1, 0.15) is 24.0 Å². The summed E-state index contributed by atoms with van der Waals surface area (Å²) in [7, 11) is 0. The summed E-state index contributed by atoms with van der Waals surface area (Å²) in [4.78, 5) is 22.8. The van der Waals surface area contributed by atoms with Gasteiger partial charge < -0.3 is 0 Å². The number of benzene rings is 2. The minimum absolute atomic E-state index is 0.0277. The molecule has 2 aromatic rings. The minimum Gasteiger partial charge on any atom is -0.289 e. The summed E-state index contributed by atoms with van der Waals surface area (Å²) in [5.41, 5.74) is 1.40. The predicted octanol–water partition coefficient (Wildman–Crippen LogP) is 4.70. The van der Waals surface area contributed by atoms with Crippen LogP contribution in [0.3, 0.4) is 0 Å². The monoisotopic (exact) mass is 341 g/mol. The first-order valence-corrected chi connectivity index (χ1v) is 7.59. The molecule has 4 nitrogen and oxygen atoms in total. The van der Waals surface area contributed by atoms with Gasteiger partial charge in [-0.05, 0) is 48.8 Å². The standard InChI is InChI=1S/C19H13F2NO3/c20-16-6-7-18(21)15(11-16)10-14-5-4-13(19(14)23)8-12-2-1-3-17(9-12)22(24)25/h1-3,6-11H,4-5H2/b13-8-,14-10-. The zero-order chi connectivity index (χ0) is 18.0. The highest BCUT2D eigenvalue weighted by molar-refractivity contribution is 6.15. The van der Waals surface area contributed by atoms with Gasteiger partial charge in [-0.15, -0.1) is 0 Å². The molecular weight excluding hydrogens is 328 g/mol. The molecule has 1 aliphatic carbocycles. The number of non-ortho nitro benzene ring substituents is 1. The SMILES string of the molecule is O=C1/C(=C\c2cccc([N+](=O)[O-])c2)CC/C1=C/c1cc(F)ccc1F. The van der Waals surface area contributed by atoms with E-state index in [9.17, 15) is 23.7 Å². The normalized spacial score (nSPS) is 17.4. The molecule has 126 valence electrons. The van der Waals surface area contributed by atoms with Crippen molar-refractivity contribution in [2.24, 2.45) is 0 Å². The average molecular weight is 341 g/mol. The number of carbonyl (C=O) groups excluding carboxylic acids is 1. The van der Waals surface area contributed by atoms with Crippen molar-refractivity contribution in [2.45, 2.75) is 12.8 Å². The zero-order valence-corrected chi connectivity index (χ0v) is 13.0. The molecule has 0 atom stereocenters. The van der Waals surface area contributed by atoms with Gasteiger partial charge in [0.2, 0.25) is 0 Å². The number of allylic oxidation sites excluding steroid dienone is 2. The Labute approximate surface area is 142 Å². The molecule has 0 bridgehead atoms. The number of hydrogen-bond donors (Lipinski definition) is 0. The number of rotatable bonds is 3. The van der Waals surface area contributed by atoms with Crippen LogP contribution in [0.2, 0.25) is 0 Å². The van der Waals surface area contributed by atoms with Crippen LogP contribution in [-0.2, 0) is 4.79 Å². The van der Waals surface area contributed by atoms with E-state index in [1.807, 2.05) is 0 Å². The van der Waals surface area contributed by atoms with Crippen molar-refractivity contribution in [3.63, 3.8) is 0 Å². The Bertz CT molecular complexity index is 932. The van der Waals surface area contributed by atoms with Crippen LogP contribution in [0.25, 0.3) is 12.2 Å². The summed E-state index contributed by atoms with van der Waals surface area (Å²) in [5.74, 6) is -1.43. The zero-order valence-electron chi connectivity index (χ0n) is 13.0. The summed E-state index contributed by atoms with van der Waals surface area (Å²) in [6.45, 7) is 0. The van der Waals surface area contributed by atoms with Gasteiger partial charge in [0.1, 0.15) is 11.6 Å². The maximum atomic E-state index is 13.7. The maximum absolute atomic E-state index is 13.7. The molecule has 1 fully saturated rings. The first kappa shape index (κ1) is 16.7. The molecule has 0 N–H and O–H groups in total. The number of hydrogen-bond acceptors (Lipinski definition) is 3. The van der Waals surface area contributed by atoms with E-state index in [0.29, 0.717) is 29.6 Å². The molecule has 0 unspecified atom stereocenters. The number of carbonyl (C=O) groups is 1. The van der Waals surface area contributed by atoms with Gasteiger partial charge in [0.25, 0.3) is 5.69 Å². The Morgan fingerprint density at radius 3 is 2.44 bits per heavy atom. The highest BCUT2D eigenvalue weighted by Gasteiger charge is 2.23. The summed E-state index contributed by atoms with van der Waals surface area (Å²) in [5, 5.41) is 10.8. The fraction of sp³-hybridized carbons (Fsp3) is 0.105. The topological polar surface area (TPSA) is 60.2 Å². The summed E-state index contributed by atoms with van der Waals surface area (Å²) >= 11 is 0. The quantitative estimate of drug-likeness (QED) is 0.462. The lowest BCUT2D eigenvalue weighted by Crippen LogP contribution is -1.96. The van der Waals surface area contributed by atoms with Gasteiger partial charge in [-0.3, -0.25) is 14.9 Å². The van der Waals surface area contributed by atoms with Crippen molar-refractivity contribution in [2.75, 3.05) is 0 Å². The summed E-state index contributed by atoms with van der Waals surface area (Å²) in [6, 6.07) is 9.04. The second-order valence-electron chi connectivity index (χ2n) is 5.69. The van der Waals surface area contributed by atoms with Crippen molar-refractivity contribution >= 4 is 23.6 Å². The van der Waals surface area contributed by atoms with Crippen LogP contribution < -0.4 is 0 Å². The molecule has 25 heavy (non-hydrogen) atoms. The number of nitro groups is 1. The molecule has 0 saturated heterocycles. The van der Waals surface area contributed by atoms with Gasteiger partial charge in [0.15, 0.2) is 5.78 Å². The molecule has 0 aromatic heterocycles. The molecule has 0 heterocycles. The highest BCUT2D eigenvalue weighted by atomic mass is 19.1. The van der Waals surface area contributed by atoms with Crippen molar-refractivity contribution in [1.29, 1.82) is 0 Å². The van der Waals surface area contributed by atoms with E-state index in [1.165, 1.54) is 18.2 Å². The third kappa shape index (κ3) is 3.68. The Hall–Kier alpha value is -3.15. The number of Topliss-reactive ketones (excluding diaryl/α,β-unsaturated/α-hetero) is 1.